The first-order chi connectivity index (χ1) is 13.1. The number of halogens is 1. The lowest BCUT2D eigenvalue weighted by atomic mass is 10.2. The van der Waals surface area contributed by atoms with Gasteiger partial charge in [0.2, 0.25) is 0 Å². The monoisotopic (exact) mass is 378 g/mol. The van der Waals surface area contributed by atoms with Gasteiger partial charge in [0, 0.05) is 29.9 Å². The number of para-hydroxylation sites is 1. The van der Waals surface area contributed by atoms with Crippen LogP contribution in [0.2, 0.25) is 5.02 Å². The molecule has 1 aromatic heterocycles. The number of carbonyl (C=O) groups excluding carboxylic acids is 1. The Bertz CT molecular complexity index is 988. The largest absolute Gasteiger partial charge is 0.347 e. The molecule has 1 aliphatic rings. The molecule has 2 aromatic carbocycles. The van der Waals surface area contributed by atoms with Gasteiger partial charge in [-0.25, -0.2) is 9.97 Å². The van der Waals surface area contributed by atoms with Crippen LogP contribution < -0.4 is 10.2 Å². The van der Waals surface area contributed by atoms with Crippen molar-refractivity contribution in [1.82, 2.24) is 15.3 Å². The number of hydrogen-bond donors (Lipinski definition) is 1. The van der Waals surface area contributed by atoms with Crippen molar-refractivity contribution in [1.29, 1.82) is 0 Å². The summed E-state index contributed by atoms with van der Waals surface area (Å²) in [6.07, 6.45) is 0.970. The van der Waals surface area contributed by atoms with Gasteiger partial charge >= 0.3 is 0 Å². The molecule has 0 bridgehead atoms. The molecule has 0 saturated heterocycles. The Morgan fingerprint density at radius 1 is 1.15 bits per heavy atom. The SMILES string of the molecule is Cc1nc(C(=O)NCc2ccc(Cl)cc2)cc(N2CCc3ccccc32)n1. The second-order valence-corrected chi connectivity index (χ2v) is 6.93. The van der Waals surface area contributed by atoms with Gasteiger partial charge in [0.25, 0.3) is 5.91 Å². The Morgan fingerprint density at radius 3 is 2.74 bits per heavy atom. The summed E-state index contributed by atoms with van der Waals surface area (Å²) in [7, 11) is 0. The molecular weight excluding hydrogens is 360 g/mol. The van der Waals surface area contributed by atoms with Crippen molar-refractivity contribution in [2.24, 2.45) is 0 Å². The minimum Gasteiger partial charge on any atom is -0.347 e. The molecule has 27 heavy (non-hydrogen) atoms. The van der Waals surface area contributed by atoms with Crippen LogP contribution in [0.3, 0.4) is 0 Å². The first-order valence-corrected chi connectivity index (χ1v) is 9.22. The van der Waals surface area contributed by atoms with Crippen LogP contribution in [0.1, 0.15) is 27.4 Å². The Kier molecular flexibility index (Phi) is 4.77. The summed E-state index contributed by atoms with van der Waals surface area (Å²) in [6, 6.07) is 17.4. The highest BCUT2D eigenvalue weighted by molar-refractivity contribution is 6.30. The maximum absolute atomic E-state index is 12.6. The van der Waals surface area contributed by atoms with Crippen LogP contribution in [0, 0.1) is 6.92 Å². The predicted molar refractivity (Wildman–Crippen MR) is 107 cm³/mol. The molecule has 1 aliphatic heterocycles. The Hall–Kier alpha value is -2.92. The summed E-state index contributed by atoms with van der Waals surface area (Å²) in [4.78, 5) is 23.6. The number of hydrogen-bond acceptors (Lipinski definition) is 4. The van der Waals surface area contributed by atoms with E-state index < -0.39 is 0 Å². The molecule has 6 heteroatoms. The zero-order valence-electron chi connectivity index (χ0n) is 14.9. The van der Waals surface area contributed by atoms with E-state index in [1.165, 1.54) is 5.56 Å². The van der Waals surface area contributed by atoms with E-state index in [0.29, 0.717) is 23.1 Å². The van der Waals surface area contributed by atoms with Crippen LogP contribution in [0.4, 0.5) is 11.5 Å². The number of nitrogens with one attached hydrogen (secondary N) is 1. The lowest BCUT2D eigenvalue weighted by Gasteiger charge is -2.19. The number of anilines is 2. The molecule has 0 saturated carbocycles. The van der Waals surface area contributed by atoms with E-state index in [4.69, 9.17) is 11.6 Å². The van der Waals surface area contributed by atoms with Gasteiger partial charge in [-0.3, -0.25) is 4.79 Å². The van der Waals surface area contributed by atoms with Gasteiger partial charge in [-0.1, -0.05) is 41.9 Å². The summed E-state index contributed by atoms with van der Waals surface area (Å²) in [5.74, 6) is 1.11. The molecule has 0 fully saturated rings. The molecule has 0 spiro atoms. The second kappa shape index (κ2) is 7.37. The molecule has 5 nitrogen and oxygen atoms in total. The third-order valence-corrected chi connectivity index (χ3v) is 4.84. The first kappa shape index (κ1) is 17.5. The number of nitrogens with zero attached hydrogens (tertiary/aromatic N) is 3. The molecule has 1 N–H and O–H groups in total. The van der Waals surface area contributed by atoms with Crippen LogP contribution in [0.15, 0.2) is 54.6 Å². The highest BCUT2D eigenvalue weighted by atomic mass is 35.5. The number of fused-ring (bicyclic) bond motifs is 1. The van der Waals surface area contributed by atoms with E-state index >= 15 is 0 Å². The molecule has 0 aliphatic carbocycles. The van der Waals surface area contributed by atoms with Crippen LogP contribution >= 0.6 is 11.6 Å². The molecule has 4 rings (SSSR count). The average molecular weight is 379 g/mol. The van der Waals surface area contributed by atoms with Crippen LogP contribution in [-0.4, -0.2) is 22.4 Å². The van der Waals surface area contributed by atoms with Crippen molar-refractivity contribution in [3.63, 3.8) is 0 Å². The lowest BCUT2D eigenvalue weighted by Crippen LogP contribution is -2.25. The van der Waals surface area contributed by atoms with E-state index in [2.05, 4.69) is 32.3 Å². The standard InChI is InChI=1S/C21H19ClN4O/c1-14-24-18(21(27)23-13-15-6-8-17(22)9-7-15)12-20(25-14)26-11-10-16-4-2-3-5-19(16)26/h2-9,12H,10-11,13H2,1H3,(H,23,27). The molecular formula is C21H19ClN4O. The van der Waals surface area contributed by atoms with Crippen molar-refractivity contribution in [2.45, 2.75) is 19.9 Å². The quantitative estimate of drug-likeness (QED) is 0.743. The van der Waals surface area contributed by atoms with Gasteiger partial charge in [-0.15, -0.1) is 0 Å². The van der Waals surface area contributed by atoms with Gasteiger partial charge in [0.1, 0.15) is 17.3 Å². The zero-order valence-corrected chi connectivity index (χ0v) is 15.7. The summed E-state index contributed by atoms with van der Waals surface area (Å²) in [5, 5.41) is 3.58. The van der Waals surface area contributed by atoms with Crippen LogP contribution in [0.5, 0.6) is 0 Å². The predicted octanol–water partition coefficient (Wildman–Crippen LogP) is 4.06. The smallest absolute Gasteiger partial charge is 0.270 e. The average Bonchev–Trinajstić information content (AvgIpc) is 3.11. The highest BCUT2D eigenvalue weighted by Crippen LogP contribution is 2.33. The van der Waals surface area contributed by atoms with Crippen molar-refractivity contribution >= 4 is 29.0 Å². The number of rotatable bonds is 4. The minimum absolute atomic E-state index is 0.218. The van der Waals surface area contributed by atoms with Gasteiger partial charge < -0.3 is 10.2 Å². The van der Waals surface area contributed by atoms with E-state index in [0.717, 1.165) is 30.0 Å². The fraction of sp³-hybridized carbons (Fsp3) is 0.190. The van der Waals surface area contributed by atoms with Gasteiger partial charge in [0.05, 0.1) is 0 Å². The molecule has 1 amide bonds. The second-order valence-electron chi connectivity index (χ2n) is 6.50. The van der Waals surface area contributed by atoms with Crippen molar-refractivity contribution in [3.05, 3.63) is 82.3 Å². The third-order valence-electron chi connectivity index (χ3n) is 4.59. The molecule has 3 aromatic rings. The number of amides is 1. The Labute approximate surface area is 163 Å². The fourth-order valence-electron chi connectivity index (χ4n) is 3.26. The van der Waals surface area contributed by atoms with Crippen molar-refractivity contribution in [3.8, 4) is 0 Å². The van der Waals surface area contributed by atoms with Gasteiger partial charge in [-0.2, -0.15) is 0 Å². The van der Waals surface area contributed by atoms with Gasteiger partial charge in [-0.05, 0) is 42.7 Å². The molecule has 0 unspecified atom stereocenters. The van der Waals surface area contributed by atoms with Crippen molar-refractivity contribution < 1.29 is 4.79 Å². The number of carbonyl (C=O) groups is 1. The molecule has 0 radical (unpaired) electrons. The Balaban J connectivity index is 1.54. The Morgan fingerprint density at radius 2 is 1.93 bits per heavy atom. The topological polar surface area (TPSA) is 58.1 Å². The molecule has 0 atom stereocenters. The number of aryl methyl sites for hydroxylation is 1. The summed E-state index contributed by atoms with van der Waals surface area (Å²) in [6.45, 7) is 3.07. The van der Waals surface area contributed by atoms with Gasteiger partial charge in [0.15, 0.2) is 0 Å². The fourth-order valence-corrected chi connectivity index (χ4v) is 3.38. The summed E-state index contributed by atoms with van der Waals surface area (Å²) < 4.78 is 0. The van der Waals surface area contributed by atoms with E-state index in [1.807, 2.05) is 24.3 Å². The third kappa shape index (κ3) is 3.78. The molecule has 2 heterocycles. The first-order valence-electron chi connectivity index (χ1n) is 8.84. The minimum atomic E-state index is -0.218. The molecule has 136 valence electrons. The van der Waals surface area contributed by atoms with E-state index in [1.54, 1.807) is 25.1 Å². The van der Waals surface area contributed by atoms with Crippen molar-refractivity contribution in [2.75, 3.05) is 11.4 Å². The maximum atomic E-state index is 12.6. The van der Waals surface area contributed by atoms with Crippen LogP contribution in [0.25, 0.3) is 0 Å². The number of benzene rings is 2. The normalized spacial score (nSPS) is 12.7. The summed E-state index contributed by atoms with van der Waals surface area (Å²) >= 11 is 5.89. The maximum Gasteiger partial charge on any atom is 0.270 e. The summed E-state index contributed by atoms with van der Waals surface area (Å²) in [5.41, 5.74) is 3.79. The highest BCUT2D eigenvalue weighted by Gasteiger charge is 2.22. The zero-order chi connectivity index (χ0) is 18.8. The lowest BCUT2D eigenvalue weighted by molar-refractivity contribution is 0.0945. The van der Waals surface area contributed by atoms with E-state index in [-0.39, 0.29) is 5.91 Å². The van der Waals surface area contributed by atoms with E-state index in [9.17, 15) is 4.79 Å². The number of aromatic nitrogens is 2. The van der Waals surface area contributed by atoms with Crippen LogP contribution in [-0.2, 0) is 13.0 Å².